The normalized spacial score (nSPS) is 23.7. The molecule has 2 aliphatic rings. The zero-order valence-electron chi connectivity index (χ0n) is 11.1. The Hall–Kier alpha value is -2.40. The Kier molecular flexibility index (Phi) is 3.35. The first-order valence-electron chi connectivity index (χ1n) is 6.33. The SMILES string of the molecule is COc1ccc(OC2=CC=CC3=NC=NC(N)C23)cc1. The maximum absolute atomic E-state index is 6.03. The summed E-state index contributed by atoms with van der Waals surface area (Å²) in [6, 6.07) is 7.41. The van der Waals surface area contributed by atoms with Crippen LogP contribution < -0.4 is 15.2 Å². The molecule has 1 aromatic carbocycles. The fourth-order valence-electron chi connectivity index (χ4n) is 2.20. The molecule has 1 heterocycles. The minimum Gasteiger partial charge on any atom is -0.497 e. The number of nitrogens with zero attached hydrogens (tertiary/aromatic N) is 2. The lowest BCUT2D eigenvalue weighted by molar-refractivity contribution is 0.357. The molecule has 2 unspecified atom stereocenters. The lowest BCUT2D eigenvalue weighted by Crippen LogP contribution is -2.39. The van der Waals surface area contributed by atoms with Crippen molar-refractivity contribution < 1.29 is 9.47 Å². The van der Waals surface area contributed by atoms with E-state index in [4.69, 9.17) is 15.2 Å². The van der Waals surface area contributed by atoms with E-state index in [1.54, 1.807) is 7.11 Å². The van der Waals surface area contributed by atoms with E-state index in [0.29, 0.717) is 0 Å². The summed E-state index contributed by atoms with van der Waals surface area (Å²) in [4.78, 5) is 8.36. The van der Waals surface area contributed by atoms with E-state index in [9.17, 15) is 0 Å². The Morgan fingerprint density at radius 2 is 1.90 bits per heavy atom. The van der Waals surface area contributed by atoms with Crippen LogP contribution in [0.5, 0.6) is 11.5 Å². The van der Waals surface area contributed by atoms with Gasteiger partial charge >= 0.3 is 0 Å². The molecule has 2 atom stereocenters. The number of benzene rings is 1. The van der Waals surface area contributed by atoms with Gasteiger partial charge in [-0.15, -0.1) is 0 Å². The van der Waals surface area contributed by atoms with Crippen molar-refractivity contribution in [3.8, 4) is 11.5 Å². The lowest BCUT2D eigenvalue weighted by Gasteiger charge is -2.27. The highest BCUT2D eigenvalue weighted by Gasteiger charge is 2.30. The molecule has 0 saturated heterocycles. The predicted molar refractivity (Wildman–Crippen MR) is 78.2 cm³/mol. The average molecular weight is 269 g/mol. The largest absolute Gasteiger partial charge is 0.497 e. The molecule has 1 aromatic rings. The third-order valence-corrected chi connectivity index (χ3v) is 3.23. The molecule has 3 rings (SSSR count). The van der Waals surface area contributed by atoms with Crippen molar-refractivity contribution in [3.05, 3.63) is 48.3 Å². The van der Waals surface area contributed by atoms with Crippen LogP contribution in [-0.4, -0.2) is 25.3 Å². The standard InChI is InChI=1S/C15H15N3O2/c1-19-10-5-7-11(8-6-10)20-13-4-2-3-12-14(13)15(16)18-9-17-12/h2-9,14-15H,16H2,1H3. The van der Waals surface area contributed by atoms with E-state index < -0.39 is 0 Å². The number of hydrogen-bond acceptors (Lipinski definition) is 5. The second-order valence-corrected chi connectivity index (χ2v) is 4.49. The monoisotopic (exact) mass is 269 g/mol. The summed E-state index contributed by atoms with van der Waals surface area (Å²) in [7, 11) is 1.63. The van der Waals surface area contributed by atoms with Crippen molar-refractivity contribution in [3.63, 3.8) is 0 Å². The zero-order valence-corrected chi connectivity index (χ0v) is 11.1. The van der Waals surface area contributed by atoms with Crippen molar-refractivity contribution in [1.82, 2.24) is 0 Å². The van der Waals surface area contributed by atoms with Gasteiger partial charge in [-0.25, -0.2) is 4.99 Å². The number of allylic oxidation sites excluding steroid dienone is 3. The van der Waals surface area contributed by atoms with Gasteiger partial charge in [0, 0.05) is 0 Å². The summed E-state index contributed by atoms with van der Waals surface area (Å²) in [6.07, 6.45) is 6.86. The predicted octanol–water partition coefficient (Wildman–Crippen LogP) is 1.91. The van der Waals surface area contributed by atoms with E-state index in [1.165, 1.54) is 6.34 Å². The first kappa shape index (κ1) is 12.6. The number of rotatable bonds is 3. The summed E-state index contributed by atoms with van der Waals surface area (Å²) in [6.45, 7) is 0. The summed E-state index contributed by atoms with van der Waals surface area (Å²) in [5, 5.41) is 0. The maximum atomic E-state index is 6.03. The van der Waals surface area contributed by atoms with E-state index in [-0.39, 0.29) is 12.1 Å². The number of hydrogen-bond donors (Lipinski definition) is 1. The minimum absolute atomic E-state index is 0.132. The van der Waals surface area contributed by atoms with Gasteiger partial charge in [0.2, 0.25) is 0 Å². The Balaban J connectivity index is 1.82. The van der Waals surface area contributed by atoms with Crippen LogP contribution in [0.3, 0.4) is 0 Å². The summed E-state index contributed by atoms with van der Waals surface area (Å²) >= 11 is 0. The topological polar surface area (TPSA) is 69.2 Å². The third-order valence-electron chi connectivity index (χ3n) is 3.23. The highest BCUT2D eigenvalue weighted by Crippen LogP contribution is 2.28. The second-order valence-electron chi connectivity index (χ2n) is 4.49. The molecule has 0 radical (unpaired) electrons. The Morgan fingerprint density at radius 1 is 1.15 bits per heavy atom. The van der Waals surface area contributed by atoms with Crippen molar-refractivity contribution >= 4 is 12.1 Å². The fourth-order valence-corrected chi connectivity index (χ4v) is 2.20. The van der Waals surface area contributed by atoms with Crippen LogP contribution in [0.15, 0.2) is 58.2 Å². The number of ether oxygens (including phenoxy) is 2. The van der Waals surface area contributed by atoms with Crippen LogP contribution >= 0.6 is 0 Å². The molecule has 0 aromatic heterocycles. The number of aliphatic imine (C=N–C) groups is 2. The summed E-state index contributed by atoms with van der Waals surface area (Å²) < 4.78 is 11.0. The van der Waals surface area contributed by atoms with Crippen LogP contribution in [0, 0.1) is 5.92 Å². The van der Waals surface area contributed by atoms with E-state index >= 15 is 0 Å². The molecular formula is C15H15N3O2. The molecule has 1 aliphatic carbocycles. The van der Waals surface area contributed by atoms with Crippen molar-refractivity contribution in [2.45, 2.75) is 6.17 Å². The second kappa shape index (κ2) is 5.30. The average Bonchev–Trinajstić information content (AvgIpc) is 2.48. The van der Waals surface area contributed by atoms with Gasteiger partial charge in [-0.3, -0.25) is 4.99 Å². The van der Waals surface area contributed by atoms with Gasteiger partial charge in [0.15, 0.2) is 0 Å². The van der Waals surface area contributed by atoms with Gasteiger partial charge in [0.25, 0.3) is 0 Å². The van der Waals surface area contributed by atoms with Crippen molar-refractivity contribution in [2.75, 3.05) is 7.11 Å². The molecule has 0 amide bonds. The van der Waals surface area contributed by atoms with E-state index in [0.717, 1.165) is 23.0 Å². The molecule has 0 fully saturated rings. The Morgan fingerprint density at radius 3 is 2.65 bits per heavy atom. The zero-order chi connectivity index (χ0) is 13.9. The number of fused-ring (bicyclic) bond motifs is 1. The van der Waals surface area contributed by atoms with Gasteiger partial charge in [-0.2, -0.15) is 0 Å². The van der Waals surface area contributed by atoms with Crippen LogP contribution in [-0.2, 0) is 0 Å². The molecule has 1 aliphatic heterocycles. The van der Waals surface area contributed by atoms with Gasteiger partial charge in [-0.1, -0.05) is 6.08 Å². The first-order valence-corrected chi connectivity index (χ1v) is 6.33. The molecule has 5 nitrogen and oxygen atoms in total. The highest BCUT2D eigenvalue weighted by atomic mass is 16.5. The molecule has 20 heavy (non-hydrogen) atoms. The van der Waals surface area contributed by atoms with Crippen molar-refractivity contribution in [2.24, 2.45) is 21.6 Å². The lowest BCUT2D eigenvalue weighted by atomic mass is 9.92. The van der Waals surface area contributed by atoms with Crippen molar-refractivity contribution in [1.29, 1.82) is 0 Å². The molecule has 2 N–H and O–H groups in total. The Labute approximate surface area is 117 Å². The van der Waals surface area contributed by atoms with Crippen LogP contribution in [0.2, 0.25) is 0 Å². The smallest absolute Gasteiger partial charge is 0.127 e. The van der Waals surface area contributed by atoms with Gasteiger partial charge < -0.3 is 15.2 Å². The first-order chi connectivity index (χ1) is 9.78. The number of nitrogens with two attached hydrogens (primary N) is 1. The highest BCUT2D eigenvalue weighted by molar-refractivity contribution is 6.04. The van der Waals surface area contributed by atoms with Crippen LogP contribution in [0.1, 0.15) is 0 Å². The minimum atomic E-state index is -0.364. The summed E-state index contributed by atoms with van der Waals surface area (Å²) in [5.41, 5.74) is 6.90. The third kappa shape index (κ3) is 2.35. The molecule has 0 saturated carbocycles. The number of methoxy groups -OCH3 is 1. The molecule has 5 heteroatoms. The molecule has 0 bridgehead atoms. The van der Waals surface area contributed by atoms with Gasteiger partial charge in [0.1, 0.15) is 29.8 Å². The maximum Gasteiger partial charge on any atom is 0.127 e. The van der Waals surface area contributed by atoms with Crippen LogP contribution in [0.4, 0.5) is 0 Å². The van der Waals surface area contributed by atoms with E-state index in [1.807, 2.05) is 42.5 Å². The van der Waals surface area contributed by atoms with Crippen LogP contribution in [0.25, 0.3) is 0 Å². The quantitative estimate of drug-likeness (QED) is 0.911. The Bertz CT molecular complexity index is 615. The molecule has 102 valence electrons. The van der Waals surface area contributed by atoms with E-state index in [2.05, 4.69) is 9.98 Å². The van der Waals surface area contributed by atoms with Gasteiger partial charge in [-0.05, 0) is 36.4 Å². The summed E-state index contributed by atoms with van der Waals surface area (Å²) in [5.74, 6) is 2.14. The molecule has 0 spiro atoms. The molecular weight excluding hydrogens is 254 g/mol. The fraction of sp³-hybridized carbons (Fsp3) is 0.200. The van der Waals surface area contributed by atoms with Gasteiger partial charge in [0.05, 0.1) is 18.7 Å².